The van der Waals surface area contributed by atoms with Gasteiger partial charge >= 0.3 is 0 Å². The predicted octanol–water partition coefficient (Wildman–Crippen LogP) is 5.28. The molecule has 0 radical (unpaired) electrons. The zero-order chi connectivity index (χ0) is 20.9. The highest BCUT2D eigenvalue weighted by molar-refractivity contribution is 7.14. The summed E-state index contributed by atoms with van der Waals surface area (Å²) in [4.78, 5) is 17.0. The van der Waals surface area contributed by atoms with Crippen molar-refractivity contribution in [1.29, 1.82) is 0 Å². The van der Waals surface area contributed by atoms with Crippen molar-refractivity contribution in [2.45, 2.75) is 18.9 Å². The second-order valence-corrected chi connectivity index (χ2v) is 8.08. The maximum absolute atomic E-state index is 12.5. The van der Waals surface area contributed by atoms with Gasteiger partial charge in [0.1, 0.15) is 18.1 Å². The molecule has 1 aliphatic heterocycles. The van der Waals surface area contributed by atoms with Crippen molar-refractivity contribution < 1.29 is 19.0 Å². The maximum atomic E-state index is 12.5. The first-order chi connectivity index (χ1) is 14.6. The van der Waals surface area contributed by atoms with Crippen molar-refractivity contribution in [2.75, 3.05) is 25.6 Å². The lowest BCUT2D eigenvalue weighted by Crippen LogP contribution is -2.16. The van der Waals surface area contributed by atoms with Gasteiger partial charge in [0, 0.05) is 23.1 Å². The van der Waals surface area contributed by atoms with Crippen molar-refractivity contribution >= 4 is 34.0 Å². The molecule has 1 aromatic heterocycles. The van der Waals surface area contributed by atoms with E-state index in [0.29, 0.717) is 28.1 Å². The second kappa shape index (κ2) is 9.47. The third-order valence-corrected chi connectivity index (χ3v) is 5.80. The third kappa shape index (κ3) is 4.92. The molecule has 1 amide bonds. The number of carbonyl (C=O) groups excluding carboxylic acids is 1. The van der Waals surface area contributed by atoms with Crippen LogP contribution in [0.2, 0.25) is 5.02 Å². The van der Waals surface area contributed by atoms with E-state index < -0.39 is 0 Å². The Morgan fingerprint density at radius 2 is 2.13 bits per heavy atom. The van der Waals surface area contributed by atoms with Crippen LogP contribution in [-0.4, -0.2) is 37.3 Å². The minimum Gasteiger partial charge on any atom is -0.495 e. The van der Waals surface area contributed by atoms with Crippen LogP contribution in [-0.2, 0) is 4.74 Å². The lowest BCUT2D eigenvalue weighted by molar-refractivity contribution is 0.0679. The van der Waals surface area contributed by atoms with Crippen molar-refractivity contribution in [3.05, 3.63) is 58.4 Å². The van der Waals surface area contributed by atoms with Gasteiger partial charge in [-0.3, -0.25) is 10.1 Å². The fourth-order valence-corrected chi connectivity index (χ4v) is 4.10. The highest BCUT2D eigenvalue weighted by atomic mass is 35.5. The van der Waals surface area contributed by atoms with Gasteiger partial charge in [0.15, 0.2) is 5.13 Å². The van der Waals surface area contributed by atoms with Gasteiger partial charge in [-0.1, -0.05) is 11.6 Å². The van der Waals surface area contributed by atoms with Gasteiger partial charge in [-0.25, -0.2) is 4.98 Å². The van der Waals surface area contributed by atoms with Crippen LogP contribution in [0.3, 0.4) is 0 Å². The van der Waals surface area contributed by atoms with Gasteiger partial charge < -0.3 is 14.2 Å². The van der Waals surface area contributed by atoms with E-state index in [-0.39, 0.29) is 12.0 Å². The summed E-state index contributed by atoms with van der Waals surface area (Å²) in [5.41, 5.74) is 2.12. The largest absolute Gasteiger partial charge is 0.495 e. The molecule has 8 heteroatoms. The molecule has 30 heavy (non-hydrogen) atoms. The number of benzene rings is 2. The van der Waals surface area contributed by atoms with E-state index in [0.717, 1.165) is 36.5 Å². The lowest BCUT2D eigenvalue weighted by atomic mass is 10.2. The van der Waals surface area contributed by atoms with Gasteiger partial charge in [0.05, 0.1) is 23.9 Å². The Kier molecular flexibility index (Phi) is 6.52. The molecule has 4 rings (SSSR count). The molecule has 6 nitrogen and oxygen atoms in total. The molecule has 1 N–H and O–H groups in total. The predicted molar refractivity (Wildman–Crippen MR) is 118 cm³/mol. The fourth-order valence-electron chi connectivity index (χ4n) is 3.13. The van der Waals surface area contributed by atoms with Crippen LogP contribution in [0.15, 0.2) is 47.8 Å². The molecule has 0 bridgehead atoms. The van der Waals surface area contributed by atoms with Gasteiger partial charge in [0.2, 0.25) is 0 Å². The van der Waals surface area contributed by atoms with Crippen LogP contribution in [0, 0.1) is 0 Å². The number of aromatic nitrogens is 1. The van der Waals surface area contributed by atoms with E-state index in [1.165, 1.54) is 11.3 Å². The Morgan fingerprint density at radius 1 is 1.30 bits per heavy atom. The maximum Gasteiger partial charge on any atom is 0.257 e. The number of rotatable bonds is 7. The molecular weight excluding hydrogens is 424 g/mol. The summed E-state index contributed by atoms with van der Waals surface area (Å²) < 4.78 is 16.5. The fraction of sp³-hybridized carbons (Fsp3) is 0.273. The topological polar surface area (TPSA) is 69.7 Å². The number of methoxy groups -OCH3 is 1. The highest BCUT2D eigenvalue weighted by Gasteiger charge is 2.16. The number of nitrogens with zero attached hydrogens (tertiary/aromatic N) is 1. The quantitative estimate of drug-likeness (QED) is 0.536. The van der Waals surface area contributed by atoms with Gasteiger partial charge in [-0.2, -0.15) is 0 Å². The average molecular weight is 445 g/mol. The Bertz CT molecular complexity index is 1020. The number of ether oxygens (including phenoxy) is 3. The number of carbonyl (C=O) groups is 1. The van der Waals surface area contributed by atoms with Crippen molar-refractivity contribution in [2.24, 2.45) is 0 Å². The minimum atomic E-state index is -0.227. The van der Waals surface area contributed by atoms with Crippen molar-refractivity contribution in [3.8, 4) is 22.8 Å². The summed E-state index contributed by atoms with van der Waals surface area (Å²) in [5.74, 6) is 1.09. The summed E-state index contributed by atoms with van der Waals surface area (Å²) in [6.45, 7) is 1.33. The van der Waals surface area contributed by atoms with E-state index in [1.807, 2.05) is 11.4 Å². The number of hydrogen-bond donors (Lipinski definition) is 1. The monoisotopic (exact) mass is 444 g/mol. The van der Waals surface area contributed by atoms with Gasteiger partial charge in [-0.15, -0.1) is 11.3 Å². The number of thiazole rings is 1. The molecule has 2 heterocycles. The number of halogens is 1. The molecular formula is C22H21ClN2O4S. The van der Waals surface area contributed by atoms with Crippen LogP contribution in [0.1, 0.15) is 23.2 Å². The SMILES string of the molecule is COc1ccc(-c2csc(NC(=O)c3ccc(OCC4CCCO4)cc3)n2)cc1Cl. The molecule has 1 unspecified atom stereocenters. The number of amides is 1. The zero-order valence-corrected chi connectivity index (χ0v) is 18.0. The van der Waals surface area contributed by atoms with Crippen LogP contribution < -0.4 is 14.8 Å². The van der Waals surface area contributed by atoms with Crippen LogP contribution >= 0.6 is 22.9 Å². The summed E-state index contributed by atoms with van der Waals surface area (Å²) in [6.07, 6.45) is 2.27. The molecule has 1 fully saturated rings. The van der Waals surface area contributed by atoms with Crippen LogP contribution in [0.25, 0.3) is 11.3 Å². The van der Waals surface area contributed by atoms with Gasteiger partial charge in [0.25, 0.3) is 5.91 Å². The lowest BCUT2D eigenvalue weighted by Gasteiger charge is -2.11. The molecule has 0 spiro atoms. The summed E-state index contributed by atoms with van der Waals surface area (Å²) in [6, 6.07) is 12.5. The Hall–Kier alpha value is -2.61. The van der Waals surface area contributed by atoms with Crippen molar-refractivity contribution in [1.82, 2.24) is 4.98 Å². The summed E-state index contributed by atoms with van der Waals surface area (Å²) >= 11 is 7.54. The van der Waals surface area contributed by atoms with Gasteiger partial charge in [-0.05, 0) is 55.3 Å². The summed E-state index contributed by atoms with van der Waals surface area (Å²) in [7, 11) is 1.57. The number of nitrogens with one attached hydrogen (secondary N) is 1. The average Bonchev–Trinajstić information content (AvgIpc) is 3.45. The molecule has 1 atom stereocenters. The first-order valence-corrected chi connectivity index (χ1v) is 10.8. The first kappa shape index (κ1) is 20.7. The summed E-state index contributed by atoms with van der Waals surface area (Å²) in [5, 5.41) is 5.73. The molecule has 1 aliphatic rings. The standard InChI is InChI=1S/C22H21ClN2O4S/c1-27-20-9-6-15(11-18(20)23)19-13-30-22(24-19)25-21(26)14-4-7-16(8-5-14)29-12-17-3-2-10-28-17/h4-9,11,13,17H,2-3,10,12H2,1H3,(H,24,25,26). The second-order valence-electron chi connectivity index (χ2n) is 6.81. The molecule has 0 aliphatic carbocycles. The smallest absolute Gasteiger partial charge is 0.257 e. The van der Waals surface area contributed by atoms with E-state index >= 15 is 0 Å². The Balaban J connectivity index is 1.36. The van der Waals surface area contributed by atoms with E-state index in [4.69, 9.17) is 25.8 Å². The molecule has 0 saturated carbocycles. The van der Waals surface area contributed by atoms with Crippen LogP contribution in [0.5, 0.6) is 11.5 Å². The van der Waals surface area contributed by atoms with E-state index in [1.54, 1.807) is 43.5 Å². The molecule has 3 aromatic rings. The zero-order valence-electron chi connectivity index (χ0n) is 16.4. The molecule has 156 valence electrons. The Morgan fingerprint density at radius 3 is 2.83 bits per heavy atom. The highest BCUT2D eigenvalue weighted by Crippen LogP contribution is 2.32. The third-order valence-electron chi connectivity index (χ3n) is 4.75. The molecule has 2 aromatic carbocycles. The van der Waals surface area contributed by atoms with Crippen molar-refractivity contribution in [3.63, 3.8) is 0 Å². The normalized spacial score (nSPS) is 15.7. The van der Waals surface area contributed by atoms with E-state index in [9.17, 15) is 4.79 Å². The van der Waals surface area contributed by atoms with E-state index in [2.05, 4.69) is 10.3 Å². The minimum absolute atomic E-state index is 0.160. The Labute approximate surface area is 183 Å². The first-order valence-electron chi connectivity index (χ1n) is 9.57. The number of anilines is 1. The molecule has 1 saturated heterocycles. The van der Waals surface area contributed by atoms with Crippen LogP contribution in [0.4, 0.5) is 5.13 Å². The number of hydrogen-bond acceptors (Lipinski definition) is 6.